The second kappa shape index (κ2) is 5.74. The number of piperazine rings is 1. The van der Waals surface area contributed by atoms with Gasteiger partial charge in [0.05, 0.1) is 6.42 Å². The van der Waals surface area contributed by atoms with Gasteiger partial charge in [0.2, 0.25) is 0 Å². The molecule has 1 aliphatic heterocycles. The van der Waals surface area contributed by atoms with Gasteiger partial charge in [-0.05, 0) is 19.4 Å². The Labute approximate surface area is 118 Å². The number of hydrogen-bond acceptors (Lipinski definition) is 2. The third-order valence-corrected chi connectivity index (χ3v) is 3.68. The largest absolute Gasteiger partial charge is 0.390 e. The van der Waals surface area contributed by atoms with Gasteiger partial charge in [-0.1, -0.05) is 30.3 Å². The Bertz CT molecular complexity index is 428. The highest BCUT2D eigenvalue weighted by molar-refractivity contribution is 5.20. The lowest BCUT2D eigenvalue weighted by molar-refractivity contribution is -0.140. The Morgan fingerprint density at radius 3 is 2.50 bits per heavy atom. The Morgan fingerprint density at radius 1 is 1.25 bits per heavy atom. The highest BCUT2D eigenvalue weighted by Crippen LogP contribution is 2.29. The molecule has 1 heterocycles. The summed E-state index contributed by atoms with van der Waals surface area (Å²) in [5.74, 6) is 0. The molecule has 1 aromatic rings. The van der Waals surface area contributed by atoms with E-state index in [4.69, 9.17) is 0 Å². The van der Waals surface area contributed by atoms with Crippen LogP contribution in [0.3, 0.4) is 0 Å². The van der Waals surface area contributed by atoms with Crippen LogP contribution in [0.25, 0.3) is 0 Å². The number of benzene rings is 1. The number of nitrogens with one attached hydrogen (secondary N) is 1. The fourth-order valence-corrected chi connectivity index (χ4v) is 2.69. The molecule has 0 amide bonds. The molecule has 1 saturated heterocycles. The van der Waals surface area contributed by atoms with E-state index in [1.807, 2.05) is 49.1 Å². The Kier molecular flexibility index (Phi) is 4.39. The van der Waals surface area contributed by atoms with Gasteiger partial charge >= 0.3 is 6.18 Å². The molecule has 1 aromatic carbocycles. The van der Waals surface area contributed by atoms with E-state index in [1.165, 1.54) is 0 Å². The molecule has 0 aromatic heterocycles. The van der Waals surface area contributed by atoms with Crippen molar-refractivity contribution in [3.63, 3.8) is 0 Å². The van der Waals surface area contributed by atoms with E-state index >= 15 is 0 Å². The first-order valence-electron chi connectivity index (χ1n) is 6.88. The van der Waals surface area contributed by atoms with Crippen LogP contribution in [-0.4, -0.2) is 36.2 Å². The molecule has 0 saturated carbocycles. The lowest BCUT2D eigenvalue weighted by Gasteiger charge is -2.45. The van der Waals surface area contributed by atoms with Crippen molar-refractivity contribution in [1.82, 2.24) is 10.2 Å². The van der Waals surface area contributed by atoms with Gasteiger partial charge in [-0.2, -0.15) is 13.2 Å². The van der Waals surface area contributed by atoms with Crippen LogP contribution < -0.4 is 5.32 Å². The van der Waals surface area contributed by atoms with Gasteiger partial charge in [0.15, 0.2) is 0 Å². The van der Waals surface area contributed by atoms with Gasteiger partial charge < -0.3 is 5.32 Å². The minimum atomic E-state index is -4.10. The first-order valence-corrected chi connectivity index (χ1v) is 6.88. The molecule has 0 bridgehead atoms. The maximum atomic E-state index is 12.5. The number of halogens is 3. The summed E-state index contributed by atoms with van der Waals surface area (Å²) in [5, 5.41) is 3.41. The molecule has 1 N–H and O–H groups in total. The normalized spacial score (nSPS) is 23.8. The minimum Gasteiger partial charge on any atom is -0.309 e. The molecule has 2 rings (SSSR count). The molecule has 1 unspecified atom stereocenters. The average Bonchev–Trinajstić information content (AvgIpc) is 2.36. The van der Waals surface area contributed by atoms with Crippen molar-refractivity contribution in [2.75, 3.05) is 19.6 Å². The molecule has 112 valence electrons. The molecule has 1 fully saturated rings. The summed E-state index contributed by atoms with van der Waals surface area (Å²) >= 11 is 0. The van der Waals surface area contributed by atoms with Crippen LogP contribution in [0.15, 0.2) is 30.3 Å². The standard InChI is InChI=1S/C15H21F3N2/c1-14(2)11-20(9-8-15(16,17)18)13(10-19-14)12-6-4-3-5-7-12/h3-7,13,19H,8-11H2,1-2H3. The van der Waals surface area contributed by atoms with Crippen molar-refractivity contribution in [2.24, 2.45) is 0 Å². The van der Waals surface area contributed by atoms with Crippen LogP contribution in [0.2, 0.25) is 0 Å². The number of hydrogen-bond donors (Lipinski definition) is 1. The van der Waals surface area contributed by atoms with E-state index in [2.05, 4.69) is 5.32 Å². The Balaban J connectivity index is 2.12. The van der Waals surface area contributed by atoms with E-state index in [1.54, 1.807) is 0 Å². The second-order valence-electron chi connectivity index (χ2n) is 6.03. The zero-order valence-electron chi connectivity index (χ0n) is 11.9. The highest BCUT2D eigenvalue weighted by atomic mass is 19.4. The molecule has 0 radical (unpaired) electrons. The van der Waals surface area contributed by atoms with Gasteiger partial charge in [0.1, 0.15) is 0 Å². The Hall–Kier alpha value is -1.07. The van der Waals surface area contributed by atoms with Crippen molar-refractivity contribution < 1.29 is 13.2 Å². The van der Waals surface area contributed by atoms with Crippen LogP contribution >= 0.6 is 0 Å². The quantitative estimate of drug-likeness (QED) is 0.916. The van der Waals surface area contributed by atoms with Crippen LogP contribution in [-0.2, 0) is 0 Å². The maximum Gasteiger partial charge on any atom is 0.390 e. The number of rotatable bonds is 3. The van der Waals surface area contributed by atoms with Crippen molar-refractivity contribution in [2.45, 2.75) is 38.0 Å². The zero-order chi connectivity index (χ0) is 14.8. The van der Waals surface area contributed by atoms with Crippen molar-refractivity contribution in [1.29, 1.82) is 0 Å². The molecule has 2 nitrogen and oxygen atoms in total. The summed E-state index contributed by atoms with van der Waals surface area (Å²) in [4.78, 5) is 1.94. The lowest BCUT2D eigenvalue weighted by Crippen LogP contribution is -2.58. The smallest absolute Gasteiger partial charge is 0.309 e. The Morgan fingerprint density at radius 2 is 1.90 bits per heavy atom. The summed E-state index contributed by atoms with van der Waals surface area (Å²) in [6.07, 6.45) is -4.86. The van der Waals surface area contributed by atoms with E-state index in [9.17, 15) is 13.2 Å². The van der Waals surface area contributed by atoms with Gasteiger partial charge in [0, 0.05) is 31.2 Å². The summed E-state index contributed by atoms with van der Waals surface area (Å²) in [6, 6.07) is 9.74. The van der Waals surface area contributed by atoms with Crippen LogP contribution in [0.1, 0.15) is 31.9 Å². The highest BCUT2D eigenvalue weighted by Gasteiger charge is 2.36. The molecule has 0 aliphatic carbocycles. The summed E-state index contributed by atoms with van der Waals surface area (Å²) in [7, 11) is 0. The SMILES string of the molecule is CC1(C)CN(CCC(F)(F)F)C(c2ccccc2)CN1. The first-order chi connectivity index (χ1) is 9.27. The topological polar surface area (TPSA) is 15.3 Å². The van der Waals surface area contributed by atoms with Crippen LogP contribution in [0, 0.1) is 0 Å². The van der Waals surface area contributed by atoms with E-state index in [0.717, 1.165) is 5.56 Å². The molecule has 20 heavy (non-hydrogen) atoms. The maximum absolute atomic E-state index is 12.5. The van der Waals surface area contributed by atoms with Gasteiger partial charge in [0.25, 0.3) is 0 Å². The molecule has 0 spiro atoms. The first kappa shape index (κ1) is 15.3. The molecule has 1 atom stereocenters. The van der Waals surface area contributed by atoms with Gasteiger partial charge in [-0.3, -0.25) is 4.90 Å². The van der Waals surface area contributed by atoms with E-state index < -0.39 is 12.6 Å². The third-order valence-electron chi connectivity index (χ3n) is 3.68. The average molecular weight is 286 g/mol. The monoisotopic (exact) mass is 286 g/mol. The second-order valence-corrected chi connectivity index (χ2v) is 6.03. The van der Waals surface area contributed by atoms with Crippen LogP contribution in [0.5, 0.6) is 0 Å². The van der Waals surface area contributed by atoms with Crippen molar-refractivity contribution in [3.8, 4) is 0 Å². The number of alkyl halides is 3. The zero-order valence-corrected chi connectivity index (χ0v) is 11.9. The fraction of sp³-hybridized carbons (Fsp3) is 0.600. The molecule has 5 heteroatoms. The predicted octanol–water partition coefficient (Wildman–Crippen LogP) is 3.36. The third kappa shape index (κ3) is 4.21. The minimum absolute atomic E-state index is 0.00609. The van der Waals surface area contributed by atoms with Crippen molar-refractivity contribution in [3.05, 3.63) is 35.9 Å². The lowest BCUT2D eigenvalue weighted by atomic mass is 9.94. The van der Waals surface area contributed by atoms with Gasteiger partial charge in [-0.25, -0.2) is 0 Å². The molecular weight excluding hydrogens is 265 g/mol. The van der Waals surface area contributed by atoms with Crippen molar-refractivity contribution >= 4 is 0 Å². The van der Waals surface area contributed by atoms with Crippen LogP contribution in [0.4, 0.5) is 13.2 Å². The fourth-order valence-electron chi connectivity index (χ4n) is 2.69. The van der Waals surface area contributed by atoms with E-state index in [0.29, 0.717) is 13.1 Å². The number of nitrogens with zero attached hydrogens (tertiary/aromatic N) is 1. The summed E-state index contributed by atoms with van der Waals surface area (Å²) in [5.41, 5.74) is 0.911. The molecule has 1 aliphatic rings. The summed E-state index contributed by atoms with van der Waals surface area (Å²) in [6.45, 7) is 5.38. The van der Waals surface area contributed by atoms with Gasteiger partial charge in [-0.15, -0.1) is 0 Å². The van der Waals surface area contributed by atoms with E-state index in [-0.39, 0.29) is 18.1 Å². The predicted molar refractivity (Wildman–Crippen MR) is 73.5 cm³/mol. The summed E-state index contributed by atoms with van der Waals surface area (Å²) < 4.78 is 37.5. The molecular formula is C15H21F3N2.